The quantitative estimate of drug-likeness (QED) is 0.530. The van der Waals surface area contributed by atoms with E-state index in [1.54, 1.807) is 6.20 Å². The van der Waals surface area contributed by atoms with E-state index >= 15 is 0 Å². The Kier molecular flexibility index (Phi) is 2.90. The molecule has 4 heteroatoms. The van der Waals surface area contributed by atoms with Crippen LogP contribution in [0.2, 0.25) is 0 Å². The SMILES string of the molecule is OSSc1ccccn1. The first-order valence-corrected chi connectivity index (χ1v) is 4.43. The summed E-state index contributed by atoms with van der Waals surface area (Å²) in [6.07, 6.45) is 1.69. The zero-order valence-electron chi connectivity index (χ0n) is 4.52. The van der Waals surface area contributed by atoms with Gasteiger partial charge in [0.15, 0.2) is 0 Å². The molecule has 0 aliphatic rings. The fourth-order valence-corrected chi connectivity index (χ4v) is 1.27. The molecule has 1 aromatic heterocycles. The molecule has 9 heavy (non-hydrogen) atoms. The van der Waals surface area contributed by atoms with Gasteiger partial charge in [0, 0.05) is 6.20 Å². The molecular weight excluding hydrogens is 154 g/mol. The van der Waals surface area contributed by atoms with E-state index in [0.29, 0.717) is 11.1 Å². The number of aromatic nitrogens is 1. The number of nitrogens with zero attached hydrogens (tertiary/aromatic N) is 1. The smallest absolute Gasteiger partial charge is 0.109 e. The minimum absolute atomic E-state index is 0.709. The van der Waals surface area contributed by atoms with Crippen molar-refractivity contribution >= 4 is 21.9 Å². The Bertz CT molecular complexity index is 168. The largest absolute Gasteiger partial charge is 0.320 e. The standard InChI is InChI=1S/C5H5NOS2/c7-9-8-5-3-1-2-4-6-5/h1-4,7H. The van der Waals surface area contributed by atoms with Crippen LogP contribution in [0.5, 0.6) is 0 Å². The molecule has 1 rings (SSSR count). The molecule has 0 bridgehead atoms. The molecule has 0 aliphatic carbocycles. The molecule has 0 fully saturated rings. The van der Waals surface area contributed by atoms with Crippen molar-refractivity contribution < 1.29 is 4.55 Å². The molecule has 0 unspecified atom stereocenters. The molecule has 0 aliphatic heterocycles. The summed E-state index contributed by atoms with van der Waals surface area (Å²) in [5.74, 6) is 0. The zero-order valence-corrected chi connectivity index (χ0v) is 6.15. The van der Waals surface area contributed by atoms with Crippen LogP contribution in [0.15, 0.2) is 29.4 Å². The van der Waals surface area contributed by atoms with Gasteiger partial charge in [-0.3, -0.25) is 0 Å². The summed E-state index contributed by atoms with van der Waals surface area (Å²) in [5, 5.41) is 0.824. The van der Waals surface area contributed by atoms with E-state index in [1.807, 2.05) is 18.2 Å². The van der Waals surface area contributed by atoms with E-state index < -0.39 is 0 Å². The van der Waals surface area contributed by atoms with Crippen LogP contribution in [0, 0.1) is 0 Å². The van der Waals surface area contributed by atoms with Gasteiger partial charge in [0.25, 0.3) is 0 Å². The number of pyridine rings is 1. The highest BCUT2D eigenvalue weighted by atomic mass is 33.1. The Morgan fingerprint density at radius 1 is 1.44 bits per heavy atom. The van der Waals surface area contributed by atoms with E-state index in [4.69, 9.17) is 4.55 Å². The summed E-state index contributed by atoms with van der Waals surface area (Å²) < 4.78 is 8.36. The van der Waals surface area contributed by atoms with Crippen molar-refractivity contribution in [2.24, 2.45) is 0 Å². The molecule has 0 atom stereocenters. The average molecular weight is 159 g/mol. The highest BCUT2D eigenvalue weighted by Gasteiger charge is 1.89. The van der Waals surface area contributed by atoms with Gasteiger partial charge in [-0.05, 0) is 22.9 Å². The fourth-order valence-electron chi connectivity index (χ4n) is 0.435. The lowest BCUT2D eigenvalue weighted by Crippen LogP contribution is -1.71. The second-order valence-corrected chi connectivity index (χ2v) is 3.01. The molecule has 0 amide bonds. The summed E-state index contributed by atoms with van der Waals surface area (Å²) in [6, 6.07) is 5.56. The summed E-state index contributed by atoms with van der Waals surface area (Å²) in [6.45, 7) is 0. The topological polar surface area (TPSA) is 33.1 Å². The van der Waals surface area contributed by atoms with Gasteiger partial charge < -0.3 is 4.55 Å². The second kappa shape index (κ2) is 3.76. The Balaban J connectivity index is 2.61. The summed E-state index contributed by atoms with van der Waals surface area (Å²) >= 11 is 0.709. The van der Waals surface area contributed by atoms with Crippen molar-refractivity contribution in [2.45, 2.75) is 5.03 Å². The van der Waals surface area contributed by atoms with Gasteiger partial charge in [0.05, 0.1) is 11.1 Å². The molecule has 2 nitrogen and oxygen atoms in total. The minimum atomic E-state index is 0.709. The van der Waals surface area contributed by atoms with Crippen LogP contribution < -0.4 is 0 Å². The molecule has 0 aromatic carbocycles. The van der Waals surface area contributed by atoms with Crippen LogP contribution in [0.1, 0.15) is 0 Å². The predicted octanol–water partition coefficient (Wildman–Crippen LogP) is 2.29. The highest BCUT2D eigenvalue weighted by molar-refractivity contribution is 8.74. The Morgan fingerprint density at radius 3 is 2.89 bits per heavy atom. The number of hydrogen-bond donors (Lipinski definition) is 1. The lowest BCUT2D eigenvalue weighted by Gasteiger charge is -1.90. The van der Waals surface area contributed by atoms with Crippen molar-refractivity contribution in [2.75, 3.05) is 0 Å². The third kappa shape index (κ3) is 2.26. The Labute approximate surface area is 61.3 Å². The Morgan fingerprint density at radius 2 is 2.33 bits per heavy atom. The first kappa shape index (κ1) is 6.92. The maximum absolute atomic E-state index is 8.36. The third-order valence-corrected chi connectivity index (χ3v) is 1.98. The first-order chi connectivity index (χ1) is 4.43. The van der Waals surface area contributed by atoms with E-state index in [1.165, 1.54) is 10.8 Å². The predicted molar refractivity (Wildman–Crippen MR) is 40.3 cm³/mol. The summed E-state index contributed by atoms with van der Waals surface area (Å²) in [5.41, 5.74) is 0. The van der Waals surface area contributed by atoms with E-state index in [0.717, 1.165) is 5.03 Å². The number of rotatable bonds is 2. The van der Waals surface area contributed by atoms with Crippen molar-refractivity contribution in [1.29, 1.82) is 0 Å². The van der Waals surface area contributed by atoms with E-state index in [9.17, 15) is 0 Å². The zero-order chi connectivity index (χ0) is 6.53. The normalized spacial score (nSPS) is 9.44. The van der Waals surface area contributed by atoms with Crippen molar-refractivity contribution in [3.05, 3.63) is 24.4 Å². The fraction of sp³-hybridized carbons (Fsp3) is 0. The molecule has 0 spiro atoms. The van der Waals surface area contributed by atoms with Crippen LogP contribution in [0.3, 0.4) is 0 Å². The summed E-state index contributed by atoms with van der Waals surface area (Å²) in [7, 11) is 1.24. The van der Waals surface area contributed by atoms with Crippen LogP contribution in [-0.4, -0.2) is 9.54 Å². The molecule has 0 radical (unpaired) electrons. The van der Waals surface area contributed by atoms with E-state index in [-0.39, 0.29) is 0 Å². The molecule has 0 saturated carbocycles. The second-order valence-electron chi connectivity index (χ2n) is 1.33. The lowest BCUT2D eigenvalue weighted by atomic mass is 10.5. The lowest BCUT2D eigenvalue weighted by molar-refractivity contribution is 0.676. The van der Waals surface area contributed by atoms with Gasteiger partial charge in [-0.15, -0.1) is 0 Å². The van der Waals surface area contributed by atoms with Crippen LogP contribution in [0.25, 0.3) is 0 Å². The van der Waals surface area contributed by atoms with Crippen LogP contribution in [-0.2, 0) is 0 Å². The van der Waals surface area contributed by atoms with Crippen LogP contribution >= 0.6 is 21.9 Å². The average Bonchev–Trinajstić information content (AvgIpc) is 1.91. The molecule has 1 heterocycles. The minimum Gasteiger partial charge on any atom is -0.320 e. The monoisotopic (exact) mass is 159 g/mol. The van der Waals surface area contributed by atoms with Gasteiger partial charge in [-0.2, -0.15) is 0 Å². The molecule has 1 aromatic rings. The third-order valence-electron chi connectivity index (χ3n) is 0.760. The van der Waals surface area contributed by atoms with Gasteiger partial charge >= 0.3 is 0 Å². The molecule has 0 saturated heterocycles. The van der Waals surface area contributed by atoms with Gasteiger partial charge in [-0.1, -0.05) is 6.07 Å². The van der Waals surface area contributed by atoms with Gasteiger partial charge in [0.1, 0.15) is 5.03 Å². The maximum atomic E-state index is 8.36. The number of hydrogen-bond acceptors (Lipinski definition) is 4. The summed E-state index contributed by atoms with van der Waals surface area (Å²) in [4.78, 5) is 3.95. The maximum Gasteiger partial charge on any atom is 0.109 e. The molecule has 48 valence electrons. The van der Waals surface area contributed by atoms with Crippen molar-refractivity contribution in [3.8, 4) is 0 Å². The van der Waals surface area contributed by atoms with E-state index in [2.05, 4.69) is 4.98 Å². The van der Waals surface area contributed by atoms with Crippen molar-refractivity contribution in [3.63, 3.8) is 0 Å². The first-order valence-electron chi connectivity index (χ1n) is 2.32. The van der Waals surface area contributed by atoms with Crippen LogP contribution in [0.4, 0.5) is 0 Å². The highest BCUT2D eigenvalue weighted by Crippen LogP contribution is 2.24. The van der Waals surface area contributed by atoms with Gasteiger partial charge in [-0.25, -0.2) is 4.98 Å². The van der Waals surface area contributed by atoms with Crippen molar-refractivity contribution in [1.82, 2.24) is 4.98 Å². The molecule has 1 N–H and O–H groups in total. The molecular formula is C5H5NOS2. The Hall–Kier alpha value is -0.190. The van der Waals surface area contributed by atoms with Gasteiger partial charge in [0.2, 0.25) is 0 Å².